The largest absolute Gasteiger partial charge is 0.363 e. The van der Waals surface area contributed by atoms with E-state index in [9.17, 15) is 19.2 Å². The molecule has 29 heavy (non-hydrogen) atoms. The summed E-state index contributed by atoms with van der Waals surface area (Å²) in [6.07, 6.45) is 2.36. The zero-order valence-electron chi connectivity index (χ0n) is 17.8. The van der Waals surface area contributed by atoms with Crippen molar-refractivity contribution in [1.29, 1.82) is 0 Å². The summed E-state index contributed by atoms with van der Waals surface area (Å²) in [4.78, 5) is 51.6. The molecule has 0 aromatic rings. The molecule has 0 bridgehead atoms. The number of carbonyl (C=O) groups is 4. The zero-order chi connectivity index (χ0) is 21.9. The molecule has 3 N–H and O–H groups in total. The average molecular weight is 426 g/mol. The number of hydrogen-bond donors (Lipinski definition) is 2. The fraction of sp³-hybridized carbons (Fsp3) is 0.810. The smallest absolute Gasteiger partial charge is 0.287 e. The molecule has 0 aromatic heterocycles. The first kappa shape index (κ1) is 22.1. The molecule has 2 aliphatic carbocycles. The highest BCUT2D eigenvalue weighted by Crippen LogP contribution is 2.65. The number of amides is 3. The normalized spacial score (nSPS) is 29.6. The zero-order valence-corrected chi connectivity index (χ0v) is 18.6. The average Bonchev–Trinajstić information content (AvgIpc) is 3.45. The molecule has 5 atom stereocenters. The molecule has 1 aliphatic heterocycles. The molecule has 0 aromatic carbocycles. The van der Waals surface area contributed by atoms with Crippen LogP contribution in [-0.2, 0) is 19.2 Å². The minimum atomic E-state index is -1.05. The first-order valence-corrected chi connectivity index (χ1v) is 10.8. The molecule has 8 heteroatoms. The lowest BCUT2D eigenvalue weighted by atomic mass is 9.90. The van der Waals surface area contributed by atoms with E-state index in [1.54, 1.807) is 4.90 Å². The third-order valence-corrected chi connectivity index (χ3v) is 7.72. The SMILES string of the molecule is CC(C)(C)C(Cl)C(=O)N1CC2C(C1C(=O)NC(CC1CC1)C(=O)C(N)=O)C2(C)C. The van der Waals surface area contributed by atoms with Gasteiger partial charge in [-0.3, -0.25) is 19.2 Å². The predicted octanol–water partition coefficient (Wildman–Crippen LogP) is 1.46. The van der Waals surface area contributed by atoms with Crippen molar-refractivity contribution in [3.05, 3.63) is 0 Å². The third-order valence-electron chi connectivity index (χ3n) is 6.88. The van der Waals surface area contributed by atoms with Crippen molar-refractivity contribution in [3.8, 4) is 0 Å². The summed E-state index contributed by atoms with van der Waals surface area (Å²) >= 11 is 6.43. The summed E-state index contributed by atoms with van der Waals surface area (Å²) in [6, 6.07) is -1.62. The Morgan fingerprint density at radius 2 is 1.79 bits per heavy atom. The van der Waals surface area contributed by atoms with E-state index in [1.165, 1.54) is 0 Å². The number of carbonyl (C=O) groups excluding carboxylic acids is 4. The maximum absolute atomic E-state index is 13.2. The summed E-state index contributed by atoms with van der Waals surface area (Å²) in [5.74, 6) is -1.92. The minimum absolute atomic E-state index is 0.0144. The Labute approximate surface area is 177 Å². The number of nitrogens with one attached hydrogen (secondary N) is 1. The number of piperidine rings is 1. The molecule has 3 aliphatic rings. The monoisotopic (exact) mass is 425 g/mol. The van der Waals surface area contributed by atoms with Gasteiger partial charge in [0.15, 0.2) is 0 Å². The van der Waals surface area contributed by atoms with E-state index in [-0.39, 0.29) is 23.2 Å². The topological polar surface area (TPSA) is 110 Å². The number of fused-ring (bicyclic) bond motifs is 1. The molecule has 0 radical (unpaired) electrons. The van der Waals surface area contributed by atoms with Gasteiger partial charge in [-0.05, 0) is 35.0 Å². The van der Waals surface area contributed by atoms with Gasteiger partial charge in [-0.25, -0.2) is 0 Å². The molecule has 7 nitrogen and oxygen atoms in total. The molecular formula is C21H32ClN3O4. The van der Waals surface area contributed by atoms with Crippen molar-refractivity contribution >= 4 is 35.1 Å². The maximum Gasteiger partial charge on any atom is 0.287 e. The molecule has 3 fully saturated rings. The van der Waals surface area contributed by atoms with Gasteiger partial charge < -0.3 is 16.0 Å². The Morgan fingerprint density at radius 3 is 2.28 bits per heavy atom. The maximum atomic E-state index is 13.2. The second-order valence-corrected chi connectivity index (χ2v) is 11.0. The van der Waals surface area contributed by atoms with Gasteiger partial charge in [-0.15, -0.1) is 11.6 Å². The van der Waals surface area contributed by atoms with Crippen LogP contribution in [0.4, 0.5) is 0 Å². The van der Waals surface area contributed by atoms with Gasteiger partial charge >= 0.3 is 0 Å². The predicted molar refractivity (Wildman–Crippen MR) is 109 cm³/mol. The summed E-state index contributed by atoms with van der Waals surface area (Å²) in [5, 5.41) is 1.99. The molecular weight excluding hydrogens is 394 g/mol. The highest BCUT2D eigenvalue weighted by Gasteiger charge is 2.69. The van der Waals surface area contributed by atoms with E-state index < -0.39 is 40.5 Å². The lowest BCUT2D eigenvalue weighted by Gasteiger charge is -2.35. The van der Waals surface area contributed by atoms with Crippen LogP contribution in [0.1, 0.15) is 53.9 Å². The first-order chi connectivity index (χ1) is 13.3. The fourth-order valence-corrected chi connectivity index (χ4v) is 4.80. The van der Waals surface area contributed by atoms with Crippen LogP contribution in [0, 0.1) is 28.6 Å². The Kier molecular flexibility index (Phi) is 5.52. The van der Waals surface area contributed by atoms with Crippen molar-refractivity contribution in [1.82, 2.24) is 10.2 Å². The van der Waals surface area contributed by atoms with Gasteiger partial charge in [0.25, 0.3) is 5.91 Å². The number of likely N-dealkylation sites (tertiary alicyclic amines) is 1. The van der Waals surface area contributed by atoms with Crippen LogP contribution < -0.4 is 11.1 Å². The molecule has 0 spiro atoms. The van der Waals surface area contributed by atoms with Crippen molar-refractivity contribution < 1.29 is 19.2 Å². The standard InChI is InChI=1S/C21H32ClN3O4/c1-20(2,3)16(22)19(29)25-9-11-13(21(11,4)5)14(25)18(28)24-12(8-10-6-7-10)15(26)17(23)27/h10-14,16H,6-9H2,1-5H3,(H2,23,27)(H,24,28). The highest BCUT2D eigenvalue weighted by molar-refractivity contribution is 6.38. The summed E-state index contributed by atoms with van der Waals surface area (Å²) < 4.78 is 0. The van der Waals surface area contributed by atoms with Crippen LogP contribution in [0.15, 0.2) is 0 Å². The molecule has 1 heterocycles. The number of halogens is 1. The fourth-order valence-electron chi connectivity index (χ4n) is 4.68. The summed E-state index contributed by atoms with van der Waals surface area (Å²) in [6.45, 7) is 10.3. The minimum Gasteiger partial charge on any atom is -0.363 e. The van der Waals surface area contributed by atoms with Crippen LogP contribution in [-0.4, -0.2) is 52.4 Å². The molecule has 3 amide bonds. The second-order valence-electron chi connectivity index (χ2n) is 10.6. The number of alkyl halides is 1. The summed E-state index contributed by atoms with van der Waals surface area (Å²) in [5.41, 5.74) is 4.68. The number of primary amides is 1. The number of nitrogens with two attached hydrogens (primary N) is 1. The van der Waals surface area contributed by atoms with E-state index in [1.807, 2.05) is 20.8 Å². The Balaban J connectivity index is 1.79. The molecule has 2 saturated carbocycles. The molecule has 5 unspecified atom stereocenters. The van der Waals surface area contributed by atoms with Crippen LogP contribution in [0.2, 0.25) is 0 Å². The van der Waals surface area contributed by atoms with Crippen molar-refractivity contribution in [2.75, 3.05) is 6.54 Å². The van der Waals surface area contributed by atoms with Crippen molar-refractivity contribution in [2.24, 2.45) is 34.3 Å². The van der Waals surface area contributed by atoms with Crippen molar-refractivity contribution in [3.63, 3.8) is 0 Å². The van der Waals surface area contributed by atoms with E-state index in [0.29, 0.717) is 18.9 Å². The number of Topliss-reactive ketones (excluding diaryl/α,β-unsaturated/α-hetero) is 1. The van der Waals surface area contributed by atoms with Crippen LogP contribution in [0.25, 0.3) is 0 Å². The Morgan fingerprint density at radius 1 is 1.21 bits per heavy atom. The third kappa shape index (κ3) is 4.16. The molecule has 162 valence electrons. The van der Waals surface area contributed by atoms with Crippen LogP contribution >= 0.6 is 11.6 Å². The van der Waals surface area contributed by atoms with Gasteiger partial charge in [-0.1, -0.05) is 47.5 Å². The lowest BCUT2D eigenvalue weighted by molar-refractivity contribution is -0.143. The van der Waals surface area contributed by atoms with Gasteiger partial charge in [0.05, 0.1) is 6.04 Å². The Hall–Kier alpha value is -1.63. The number of nitrogens with zero attached hydrogens (tertiary/aromatic N) is 1. The molecule has 1 saturated heterocycles. The molecule has 3 rings (SSSR count). The van der Waals surface area contributed by atoms with Gasteiger partial charge in [-0.2, -0.15) is 0 Å². The van der Waals surface area contributed by atoms with Crippen LogP contribution in [0.3, 0.4) is 0 Å². The van der Waals surface area contributed by atoms with Crippen LogP contribution in [0.5, 0.6) is 0 Å². The van der Waals surface area contributed by atoms with Gasteiger partial charge in [0.1, 0.15) is 11.4 Å². The van der Waals surface area contributed by atoms with E-state index in [2.05, 4.69) is 19.2 Å². The number of ketones is 1. The quantitative estimate of drug-likeness (QED) is 0.475. The number of rotatable bonds is 7. The lowest BCUT2D eigenvalue weighted by Crippen LogP contribution is -2.56. The van der Waals surface area contributed by atoms with E-state index in [0.717, 1.165) is 12.8 Å². The second kappa shape index (κ2) is 7.25. The first-order valence-electron chi connectivity index (χ1n) is 10.4. The summed E-state index contributed by atoms with van der Waals surface area (Å²) in [7, 11) is 0. The number of hydrogen-bond acceptors (Lipinski definition) is 4. The highest BCUT2D eigenvalue weighted by atomic mass is 35.5. The van der Waals surface area contributed by atoms with E-state index in [4.69, 9.17) is 17.3 Å². The van der Waals surface area contributed by atoms with E-state index >= 15 is 0 Å². The van der Waals surface area contributed by atoms with Gasteiger partial charge in [0, 0.05) is 6.54 Å². The van der Waals surface area contributed by atoms with Gasteiger partial charge in [0.2, 0.25) is 17.6 Å². The van der Waals surface area contributed by atoms with Crippen molar-refractivity contribution in [2.45, 2.75) is 71.3 Å². The Bertz CT molecular complexity index is 741.